The predicted molar refractivity (Wildman–Crippen MR) is 171 cm³/mol. The first kappa shape index (κ1) is 32.7. The van der Waals surface area contributed by atoms with E-state index in [0.717, 1.165) is 9.87 Å². The van der Waals surface area contributed by atoms with Crippen LogP contribution in [0.1, 0.15) is 30.0 Å². The van der Waals surface area contributed by atoms with Crippen LogP contribution < -0.4 is 9.62 Å². The van der Waals surface area contributed by atoms with Gasteiger partial charge < -0.3 is 10.2 Å². The Balaban J connectivity index is 1.81. The molecular formula is C34H35ClFN3O4S. The third kappa shape index (κ3) is 8.03. The summed E-state index contributed by atoms with van der Waals surface area (Å²) in [4.78, 5) is 29.4. The number of halogens is 2. The second kappa shape index (κ2) is 15.0. The summed E-state index contributed by atoms with van der Waals surface area (Å²) in [5.74, 6) is -1.42. The van der Waals surface area contributed by atoms with E-state index in [4.69, 9.17) is 11.6 Å². The summed E-state index contributed by atoms with van der Waals surface area (Å²) in [6.45, 7) is 3.35. The lowest BCUT2D eigenvalue weighted by Gasteiger charge is -2.34. The molecule has 4 aromatic carbocycles. The quantitative estimate of drug-likeness (QED) is 0.191. The van der Waals surface area contributed by atoms with Gasteiger partial charge in [0.15, 0.2) is 0 Å². The summed E-state index contributed by atoms with van der Waals surface area (Å²) < 4.78 is 43.0. The highest BCUT2D eigenvalue weighted by Gasteiger charge is 2.35. The molecule has 0 fully saturated rings. The van der Waals surface area contributed by atoms with Gasteiger partial charge in [-0.2, -0.15) is 0 Å². The minimum absolute atomic E-state index is 0.00113. The van der Waals surface area contributed by atoms with E-state index in [1.54, 1.807) is 55.5 Å². The molecule has 0 bridgehead atoms. The molecule has 2 amide bonds. The summed E-state index contributed by atoms with van der Waals surface area (Å²) in [6.07, 6.45) is 0.873. The normalized spacial score (nSPS) is 11.9. The highest BCUT2D eigenvalue weighted by Crippen LogP contribution is 2.31. The van der Waals surface area contributed by atoms with Gasteiger partial charge in [-0.1, -0.05) is 85.3 Å². The molecule has 4 rings (SSSR count). The Morgan fingerprint density at radius 1 is 0.864 bits per heavy atom. The minimum atomic E-state index is -4.24. The van der Waals surface area contributed by atoms with Crippen LogP contribution in [0.5, 0.6) is 0 Å². The third-order valence-electron chi connectivity index (χ3n) is 7.20. The Morgan fingerprint density at radius 3 is 2.14 bits per heavy atom. The van der Waals surface area contributed by atoms with Crippen molar-refractivity contribution in [3.63, 3.8) is 0 Å². The van der Waals surface area contributed by atoms with Crippen molar-refractivity contribution in [1.29, 1.82) is 0 Å². The van der Waals surface area contributed by atoms with Crippen LogP contribution in [0.4, 0.5) is 10.1 Å². The van der Waals surface area contributed by atoms with Gasteiger partial charge >= 0.3 is 0 Å². The first-order chi connectivity index (χ1) is 21.1. The van der Waals surface area contributed by atoms with Crippen LogP contribution in [0.15, 0.2) is 108 Å². The van der Waals surface area contributed by atoms with Crippen LogP contribution in [0.2, 0.25) is 5.02 Å². The Kier molecular flexibility index (Phi) is 11.1. The monoisotopic (exact) mass is 635 g/mol. The Hall–Kier alpha value is -4.21. The van der Waals surface area contributed by atoms with Gasteiger partial charge in [0.25, 0.3) is 10.0 Å². The number of carbonyl (C=O) groups excluding carboxylic acids is 2. The third-order valence-corrected chi connectivity index (χ3v) is 9.39. The second-order valence-electron chi connectivity index (χ2n) is 10.4. The zero-order valence-electron chi connectivity index (χ0n) is 24.6. The summed E-state index contributed by atoms with van der Waals surface area (Å²) in [7, 11) is -4.24. The van der Waals surface area contributed by atoms with Gasteiger partial charge in [0, 0.05) is 24.5 Å². The Morgan fingerprint density at radius 2 is 1.50 bits per heavy atom. The maximum atomic E-state index is 14.4. The number of nitrogens with one attached hydrogen (secondary N) is 1. The molecule has 230 valence electrons. The molecule has 44 heavy (non-hydrogen) atoms. The van der Waals surface area contributed by atoms with Crippen LogP contribution in [-0.4, -0.2) is 44.3 Å². The molecule has 0 aliphatic carbocycles. The molecule has 7 nitrogen and oxygen atoms in total. The number of rotatable bonds is 13. The van der Waals surface area contributed by atoms with Crippen LogP contribution in [0.25, 0.3) is 0 Å². The predicted octanol–water partition coefficient (Wildman–Crippen LogP) is 6.15. The smallest absolute Gasteiger partial charge is 0.264 e. The van der Waals surface area contributed by atoms with Crippen molar-refractivity contribution in [2.24, 2.45) is 0 Å². The molecule has 10 heteroatoms. The van der Waals surface area contributed by atoms with Crippen molar-refractivity contribution in [3.05, 3.63) is 131 Å². The SMILES string of the molecule is CCCNC(=O)[C@@H](Cc1ccccc1)N(Cc1ccc(F)cc1)C(=O)CN(c1cccc(Cl)c1C)S(=O)(=O)c1ccccc1. The Bertz CT molecular complexity index is 1670. The van der Waals surface area contributed by atoms with E-state index in [1.807, 2.05) is 37.3 Å². The van der Waals surface area contributed by atoms with E-state index in [9.17, 15) is 22.4 Å². The molecular weight excluding hydrogens is 601 g/mol. The van der Waals surface area contributed by atoms with Gasteiger partial charge in [0.2, 0.25) is 11.8 Å². The number of sulfonamides is 1. The van der Waals surface area contributed by atoms with Crippen molar-refractivity contribution in [1.82, 2.24) is 10.2 Å². The van der Waals surface area contributed by atoms with Crippen molar-refractivity contribution in [2.45, 2.75) is 44.2 Å². The summed E-state index contributed by atoms with van der Waals surface area (Å²) in [5.41, 5.74) is 2.12. The Labute approximate surface area is 263 Å². The second-order valence-corrected chi connectivity index (χ2v) is 12.6. The summed E-state index contributed by atoms with van der Waals surface area (Å²) in [5, 5.41) is 3.24. The van der Waals surface area contributed by atoms with Crippen LogP contribution >= 0.6 is 11.6 Å². The average molecular weight is 636 g/mol. The van der Waals surface area contributed by atoms with Gasteiger partial charge in [0.1, 0.15) is 18.4 Å². The molecule has 0 saturated carbocycles. The molecule has 0 unspecified atom stereocenters. The maximum absolute atomic E-state index is 14.4. The molecule has 0 aromatic heterocycles. The van der Waals surface area contributed by atoms with E-state index in [1.165, 1.54) is 29.2 Å². The highest BCUT2D eigenvalue weighted by molar-refractivity contribution is 7.92. The molecule has 0 spiro atoms. The fourth-order valence-corrected chi connectivity index (χ4v) is 6.47. The molecule has 0 heterocycles. The number of carbonyl (C=O) groups is 2. The van der Waals surface area contributed by atoms with E-state index < -0.39 is 34.3 Å². The fourth-order valence-electron chi connectivity index (χ4n) is 4.81. The van der Waals surface area contributed by atoms with Crippen molar-refractivity contribution in [3.8, 4) is 0 Å². The number of hydrogen-bond acceptors (Lipinski definition) is 4. The topological polar surface area (TPSA) is 86.8 Å². The van der Waals surface area contributed by atoms with Crippen LogP contribution in [0, 0.1) is 12.7 Å². The number of anilines is 1. The number of nitrogens with zero attached hydrogens (tertiary/aromatic N) is 2. The zero-order chi connectivity index (χ0) is 31.7. The van der Waals surface area contributed by atoms with Crippen LogP contribution in [0.3, 0.4) is 0 Å². The lowest BCUT2D eigenvalue weighted by atomic mass is 10.0. The van der Waals surface area contributed by atoms with Gasteiger partial charge in [-0.25, -0.2) is 12.8 Å². The van der Waals surface area contributed by atoms with Gasteiger partial charge in [-0.05, 0) is 66.4 Å². The van der Waals surface area contributed by atoms with Crippen LogP contribution in [-0.2, 0) is 32.6 Å². The molecule has 0 aliphatic heterocycles. The van der Waals surface area contributed by atoms with Crippen molar-refractivity contribution < 1.29 is 22.4 Å². The molecule has 1 atom stereocenters. The number of hydrogen-bond donors (Lipinski definition) is 1. The number of amides is 2. The average Bonchev–Trinajstić information content (AvgIpc) is 3.03. The minimum Gasteiger partial charge on any atom is -0.354 e. The van der Waals surface area contributed by atoms with E-state index >= 15 is 0 Å². The maximum Gasteiger partial charge on any atom is 0.264 e. The lowest BCUT2D eigenvalue weighted by Crippen LogP contribution is -2.53. The summed E-state index contributed by atoms with van der Waals surface area (Å²) in [6, 6.07) is 26.6. The van der Waals surface area contributed by atoms with Crippen molar-refractivity contribution in [2.75, 3.05) is 17.4 Å². The van der Waals surface area contributed by atoms with Gasteiger partial charge in [-0.3, -0.25) is 13.9 Å². The first-order valence-electron chi connectivity index (χ1n) is 14.3. The van der Waals surface area contributed by atoms with E-state index in [0.29, 0.717) is 29.1 Å². The molecule has 0 radical (unpaired) electrons. The molecule has 1 N–H and O–H groups in total. The molecule has 4 aromatic rings. The lowest BCUT2D eigenvalue weighted by molar-refractivity contribution is -0.140. The van der Waals surface area contributed by atoms with E-state index in [2.05, 4.69) is 5.32 Å². The zero-order valence-corrected chi connectivity index (χ0v) is 26.2. The number of benzene rings is 4. The molecule has 0 saturated heterocycles. The summed E-state index contributed by atoms with van der Waals surface area (Å²) >= 11 is 6.40. The standard InChI is InChI=1S/C34H35ClFN3O4S/c1-3-21-37-34(41)32(22-26-11-6-4-7-12-26)38(23-27-17-19-28(36)20-18-27)33(40)24-39(31-16-10-15-30(35)25(31)2)44(42,43)29-13-8-5-9-14-29/h4-20,32H,3,21-24H2,1-2H3,(H,37,41)/t32-/m1/s1. The van der Waals surface area contributed by atoms with Crippen molar-refractivity contribution >= 4 is 39.1 Å². The fraction of sp³-hybridized carbons (Fsp3) is 0.235. The highest BCUT2D eigenvalue weighted by atomic mass is 35.5. The van der Waals surface area contributed by atoms with Gasteiger partial charge in [0.05, 0.1) is 10.6 Å². The van der Waals surface area contributed by atoms with E-state index in [-0.39, 0.29) is 29.5 Å². The van der Waals surface area contributed by atoms with Gasteiger partial charge in [-0.15, -0.1) is 0 Å². The molecule has 0 aliphatic rings. The first-order valence-corrected chi connectivity index (χ1v) is 16.1. The largest absolute Gasteiger partial charge is 0.354 e.